The van der Waals surface area contributed by atoms with Gasteiger partial charge in [-0.2, -0.15) is 13.2 Å². The molecular formula is C18H17F3N4O3. The summed E-state index contributed by atoms with van der Waals surface area (Å²) in [5, 5.41) is 11.6. The Kier molecular flexibility index (Phi) is 5.50. The van der Waals surface area contributed by atoms with Gasteiger partial charge >= 0.3 is 6.18 Å². The van der Waals surface area contributed by atoms with Crippen molar-refractivity contribution in [3.05, 3.63) is 58.5 Å². The highest BCUT2D eigenvalue weighted by molar-refractivity contribution is 5.95. The van der Waals surface area contributed by atoms with Crippen LogP contribution in [0.15, 0.2) is 47.6 Å². The van der Waals surface area contributed by atoms with Crippen molar-refractivity contribution in [2.24, 2.45) is 5.18 Å². The van der Waals surface area contributed by atoms with Gasteiger partial charge in [-0.3, -0.25) is 10.0 Å². The number of halogens is 3. The Hall–Kier alpha value is -3.14. The number of benzene rings is 2. The first-order chi connectivity index (χ1) is 13.3. The molecule has 1 aliphatic rings. The molecule has 7 nitrogen and oxygen atoms in total. The van der Waals surface area contributed by atoms with Gasteiger partial charge in [-0.25, -0.2) is 5.48 Å². The number of hydrogen-bond donors (Lipinski definition) is 2. The van der Waals surface area contributed by atoms with E-state index in [1.807, 2.05) is 9.80 Å². The molecule has 0 atom stereocenters. The van der Waals surface area contributed by atoms with Gasteiger partial charge in [-0.1, -0.05) is 6.07 Å². The van der Waals surface area contributed by atoms with Gasteiger partial charge in [0.15, 0.2) is 0 Å². The lowest BCUT2D eigenvalue weighted by molar-refractivity contribution is -0.137. The summed E-state index contributed by atoms with van der Waals surface area (Å²) in [6.07, 6.45) is -4.40. The number of nitrogens with one attached hydrogen (secondary N) is 1. The fourth-order valence-corrected chi connectivity index (χ4v) is 3.15. The van der Waals surface area contributed by atoms with Gasteiger partial charge < -0.3 is 9.80 Å². The van der Waals surface area contributed by atoms with Gasteiger partial charge in [0.25, 0.3) is 5.91 Å². The van der Waals surface area contributed by atoms with E-state index in [0.29, 0.717) is 37.6 Å². The van der Waals surface area contributed by atoms with Crippen molar-refractivity contribution in [3.63, 3.8) is 0 Å². The van der Waals surface area contributed by atoms with Crippen LogP contribution in [0.3, 0.4) is 0 Å². The van der Waals surface area contributed by atoms with Crippen LogP contribution < -0.4 is 15.3 Å². The van der Waals surface area contributed by atoms with E-state index >= 15 is 0 Å². The highest BCUT2D eigenvalue weighted by Gasteiger charge is 2.31. The maximum Gasteiger partial charge on any atom is 0.416 e. The third kappa shape index (κ3) is 4.06. The van der Waals surface area contributed by atoms with Crippen molar-refractivity contribution in [3.8, 4) is 0 Å². The van der Waals surface area contributed by atoms with Gasteiger partial charge in [0.05, 0.1) is 11.3 Å². The summed E-state index contributed by atoms with van der Waals surface area (Å²) in [6, 6.07) is 9.45. The number of anilines is 2. The molecule has 148 valence electrons. The summed E-state index contributed by atoms with van der Waals surface area (Å²) < 4.78 is 38.7. The quantitative estimate of drug-likeness (QED) is 0.471. The first kappa shape index (κ1) is 19.6. The number of hydrogen-bond acceptors (Lipinski definition) is 6. The molecule has 0 aliphatic carbocycles. The summed E-state index contributed by atoms with van der Waals surface area (Å²) in [7, 11) is 0. The maximum absolute atomic E-state index is 12.9. The number of alkyl halides is 3. The molecule has 2 aromatic carbocycles. The third-order valence-corrected chi connectivity index (χ3v) is 4.60. The van der Waals surface area contributed by atoms with Gasteiger partial charge in [-0.05, 0) is 41.6 Å². The number of nitrogens with zero attached hydrogens (tertiary/aromatic N) is 3. The molecule has 1 saturated heterocycles. The molecular weight excluding hydrogens is 377 g/mol. The SMILES string of the molecule is O=Nc1cc(C(=O)NO)ccc1N1CCN(c2cccc(C(F)(F)F)c2)CC1. The van der Waals surface area contributed by atoms with Crippen molar-refractivity contribution in [1.29, 1.82) is 0 Å². The number of hydroxylamine groups is 1. The Morgan fingerprint density at radius 1 is 1.04 bits per heavy atom. The molecule has 0 unspecified atom stereocenters. The Bertz CT molecular complexity index is 881. The Morgan fingerprint density at radius 3 is 2.32 bits per heavy atom. The minimum Gasteiger partial charge on any atom is -0.368 e. The van der Waals surface area contributed by atoms with Crippen LogP contribution in [-0.2, 0) is 6.18 Å². The van der Waals surface area contributed by atoms with Crippen LogP contribution in [0.4, 0.5) is 30.2 Å². The van der Waals surface area contributed by atoms with Crippen LogP contribution in [0.25, 0.3) is 0 Å². The fourth-order valence-electron chi connectivity index (χ4n) is 3.15. The standard InChI is InChI=1S/C18H17F3N4O3/c19-18(20,21)13-2-1-3-14(11-13)24-6-8-25(9-7-24)16-5-4-12(17(26)23-28)10-15(16)22-27/h1-5,10-11,28H,6-9H2,(H,23,26). The lowest BCUT2D eigenvalue weighted by Crippen LogP contribution is -2.46. The number of carbonyl (C=O) groups is 1. The average molecular weight is 394 g/mol. The molecule has 1 heterocycles. The second-order valence-corrected chi connectivity index (χ2v) is 6.26. The van der Waals surface area contributed by atoms with Crippen molar-refractivity contribution in [2.45, 2.75) is 6.18 Å². The zero-order valence-electron chi connectivity index (χ0n) is 14.6. The zero-order chi connectivity index (χ0) is 20.3. The summed E-state index contributed by atoms with van der Waals surface area (Å²) in [4.78, 5) is 26.3. The normalized spacial score (nSPS) is 14.7. The first-order valence-electron chi connectivity index (χ1n) is 8.42. The van der Waals surface area contributed by atoms with Gasteiger partial charge in [-0.15, -0.1) is 4.91 Å². The second-order valence-electron chi connectivity index (χ2n) is 6.26. The smallest absolute Gasteiger partial charge is 0.368 e. The second kappa shape index (κ2) is 7.85. The number of amides is 1. The summed E-state index contributed by atoms with van der Waals surface area (Å²) in [5.74, 6) is -0.759. The molecule has 1 aliphatic heterocycles. The average Bonchev–Trinajstić information content (AvgIpc) is 2.72. The summed E-state index contributed by atoms with van der Waals surface area (Å²) in [5.41, 5.74) is 1.93. The molecule has 0 spiro atoms. The number of carbonyl (C=O) groups excluding carboxylic acids is 1. The van der Waals surface area contributed by atoms with Crippen LogP contribution in [0, 0.1) is 4.91 Å². The molecule has 2 aromatic rings. The van der Waals surface area contributed by atoms with Crippen LogP contribution in [0.2, 0.25) is 0 Å². The summed E-state index contributed by atoms with van der Waals surface area (Å²) in [6.45, 7) is 1.84. The molecule has 1 amide bonds. The Morgan fingerprint density at radius 2 is 1.71 bits per heavy atom. The van der Waals surface area contributed by atoms with Crippen LogP contribution in [0.1, 0.15) is 15.9 Å². The van der Waals surface area contributed by atoms with E-state index in [9.17, 15) is 22.9 Å². The Balaban J connectivity index is 1.74. The van der Waals surface area contributed by atoms with Crippen molar-refractivity contribution in [2.75, 3.05) is 36.0 Å². The van der Waals surface area contributed by atoms with E-state index in [1.54, 1.807) is 12.1 Å². The zero-order valence-corrected chi connectivity index (χ0v) is 14.6. The molecule has 3 rings (SSSR count). The minimum absolute atomic E-state index is 0.0496. The lowest BCUT2D eigenvalue weighted by atomic mass is 10.1. The fraction of sp³-hybridized carbons (Fsp3) is 0.278. The van der Waals surface area contributed by atoms with Crippen molar-refractivity contribution >= 4 is 23.0 Å². The largest absolute Gasteiger partial charge is 0.416 e. The molecule has 1 fully saturated rings. The van der Waals surface area contributed by atoms with E-state index in [0.717, 1.165) is 12.1 Å². The predicted octanol–water partition coefficient (Wildman–Crippen LogP) is 3.55. The monoisotopic (exact) mass is 394 g/mol. The first-order valence-corrected chi connectivity index (χ1v) is 8.42. The van der Waals surface area contributed by atoms with Crippen molar-refractivity contribution in [1.82, 2.24) is 5.48 Å². The molecule has 2 N–H and O–H groups in total. The van der Waals surface area contributed by atoms with E-state index in [4.69, 9.17) is 5.21 Å². The highest BCUT2D eigenvalue weighted by atomic mass is 19.4. The minimum atomic E-state index is -4.40. The van der Waals surface area contributed by atoms with Crippen molar-refractivity contribution < 1.29 is 23.2 Å². The molecule has 0 aromatic heterocycles. The van der Waals surface area contributed by atoms with Crippen LogP contribution in [-0.4, -0.2) is 37.3 Å². The summed E-state index contributed by atoms with van der Waals surface area (Å²) >= 11 is 0. The van der Waals surface area contributed by atoms with E-state index in [1.165, 1.54) is 23.7 Å². The molecule has 0 bridgehead atoms. The molecule has 0 saturated carbocycles. The van der Waals surface area contributed by atoms with Gasteiger partial charge in [0.1, 0.15) is 5.69 Å². The molecule has 10 heteroatoms. The maximum atomic E-state index is 12.9. The predicted molar refractivity (Wildman–Crippen MR) is 97.0 cm³/mol. The van der Waals surface area contributed by atoms with Gasteiger partial charge in [0, 0.05) is 37.4 Å². The van der Waals surface area contributed by atoms with Crippen LogP contribution in [0.5, 0.6) is 0 Å². The molecule has 28 heavy (non-hydrogen) atoms. The third-order valence-electron chi connectivity index (χ3n) is 4.60. The molecule has 0 radical (unpaired) electrons. The number of nitroso groups, excluding NO2 is 1. The van der Waals surface area contributed by atoms with E-state index in [-0.39, 0.29) is 11.3 Å². The van der Waals surface area contributed by atoms with Gasteiger partial charge in [0.2, 0.25) is 0 Å². The lowest BCUT2D eigenvalue weighted by Gasteiger charge is -2.37. The van der Waals surface area contributed by atoms with Crippen LogP contribution >= 0.6 is 0 Å². The number of piperazine rings is 1. The Labute approximate surface area is 158 Å². The number of rotatable bonds is 4. The topological polar surface area (TPSA) is 85.2 Å². The highest BCUT2D eigenvalue weighted by Crippen LogP contribution is 2.33. The van der Waals surface area contributed by atoms with E-state index in [2.05, 4.69) is 5.18 Å². The van der Waals surface area contributed by atoms with E-state index < -0.39 is 17.6 Å².